The lowest BCUT2D eigenvalue weighted by Crippen LogP contribution is -2.49. The maximum Gasteiger partial charge on any atom is 0.328 e. The molecule has 3 aliphatic rings. The summed E-state index contributed by atoms with van der Waals surface area (Å²) in [5, 5.41) is 5.78. The summed E-state index contributed by atoms with van der Waals surface area (Å²) in [4.78, 5) is 29.9. The third-order valence-electron chi connectivity index (χ3n) is 5.59. The number of nitrogens with zero attached hydrogens (tertiary/aromatic N) is 3. The zero-order chi connectivity index (χ0) is 17.9. The summed E-state index contributed by atoms with van der Waals surface area (Å²) in [6.45, 7) is 8.36. The van der Waals surface area contributed by atoms with E-state index in [1.165, 1.54) is 18.7 Å². The fourth-order valence-corrected chi connectivity index (χ4v) is 4.13. The van der Waals surface area contributed by atoms with Gasteiger partial charge in [-0.1, -0.05) is 0 Å². The Morgan fingerprint density at radius 2 is 1.69 bits per heavy atom. The number of rotatable bonds is 4. The molecule has 2 N–H and O–H groups in total. The molecule has 3 amide bonds. The molecular formula is C19H27N5O2. The van der Waals surface area contributed by atoms with Crippen LogP contribution in [0.4, 0.5) is 16.2 Å². The summed E-state index contributed by atoms with van der Waals surface area (Å²) in [5.41, 5.74) is 2.06. The monoisotopic (exact) mass is 357 g/mol. The van der Waals surface area contributed by atoms with Gasteiger partial charge in [0.25, 0.3) is 0 Å². The predicted octanol–water partition coefficient (Wildman–Crippen LogP) is 0.864. The van der Waals surface area contributed by atoms with Crippen molar-refractivity contribution >= 4 is 23.3 Å². The first-order valence-corrected chi connectivity index (χ1v) is 9.58. The zero-order valence-corrected chi connectivity index (χ0v) is 15.1. The van der Waals surface area contributed by atoms with E-state index in [1.54, 1.807) is 4.90 Å². The minimum Gasteiger partial charge on any atom is -0.371 e. The van der Waals surface area contributed by atoms with Gasteiger partial charge < -0.3 is 15.1 Å². The van der Waals surface area contributed by atoms with Crippen molar-refractivity contribution in [2.45, 2.75) is 12.8 Å². The number of piperazine rings is 1. The molecule has 1 aromatic rings. The minimum atomic E-state index is -0.328. The second-order valence-electron chi connectivity index (χ2n) is 7.42. The number of hydrogen-bond acceptors (Lipinski definition) is 5. The Hall–Kier alpha value is -2.12. The van der Waals surface area contributed by atoms with Crippen molar-refractivity contribution in [1.82, 2.24) is 15.5 Å². The molecule has 3 heterocycles. The normalized spacial score (nSPS) is 24.8. The number of hydrogen-bond donors (Lipinski definition) is 2. The molecule has 1 aromatic carbocycles. The Kier molecular flexibility index (Phi) is 5.08. The topological polar surface area (TPSA) is 67.9 Å². The van der Waals surface area contributed by atoms with Crippen LogP contribution in [0.15, 0.2) is 24.3 Å². The van der Waals surface area contributed by atoms with Crippen LogP contribution in [0.3, 0.4) is 0 Å². The molecule has 0 aliphatic carbocycles. The molecule has 0 bridgehead atoms. The molecule has 140 valence electrons. The smallest absolute Gasteiger partial charge is 0.328 e. The van der Waals surface area contributed by atoms with Crippen molar-refractivity contribution in [1.29, 1.82) is 0 Å². The average Bonchev–Trinajstić information content (AvgIpc) is 3.11. The number of carbonyl (C=O) groups excluding carboxylic acids is 2. The number of carbonyl (C=O) groups is 2. The highest BCUT2D eigenvalue weighted by Gasteiger charge is 2.26. The summed E-state index contributed by atoms with van der Waals surface area (Å²) in [7, 11) is 0. The van der Waals surface area contributed by atoms with Gasteiger partial charge in [-0.25, -0.2) is 4.79 Å². The molecule has 0 radical (unpaired) electrons. The van der Waals surface area contributed by atoms with E-state index in [2.05, 4.69) is 32.6 Å². The van der Waals surface area contributed by atoms with E-state index in [0.29, 0.717) is 13.0 Å². The van der Waals surface area contributed by atoms with E-state index in [4.69, 9.17) is 0 Å². The molecule has 7 nitrogen and oxygen atoms in total. The van der Waals surface area contributed by atoms with Gasteiger partial charge in [0, 0.05) is 70.2 Å². The lowest BCUT2D eigenvalue weighted by molar-refractivity contribution is -0.120. The highest BCUT2D eigenvalue weighted by Crippen LogP contribution is 2.27. The molecule has 4 rings (SSSR count). The van der Waals surface area contributed by atoms with E-state index < -0.39 is 0 Å². The van der Waals surface area contributed by atoms with Crippen LogP contribution in [0.2, 0.25) is 0 Å². The number of anilines is 2. The lowest BCUT2D eigenvalue weighted by Gasteiger charge is -2.29. The van der Waals surface area contributed by atoms with Gasteiger partial charge in [0.05, 0.1) is 0 Å². The molecular weight excluding hydrogens is 330 g/mol. The maximum atomic E-state index is 12.0. The van der Waals surface area contributed by atoms with Gasteiger partial charge in [0.15, 0.2) is 0 Å². The largest absolute Gasteiger partial charge is 0.371 e. The van der Waals surface area contributed by atoms with Gasteiger partial charge in [-0.15, -0.1) is 0 Å². The Labute approximate surface area is 154 Å². The standard InChI is InChI=1S/C19H27N5O2/c25-18-6-10-24(19(26)21-18)17-3-1-16(2-4-17)23-9-5-15(14-23)13-22-11-7-20-8-12-22/h1-4,15,20H,5-14H2,(H,21,25,26). The highest BCUT2D eigenvalue weighted by molar-refractivity contribution is 6.05. The third kappa shape index (κ3) is 3.83. The van der Waals surface area contributed by atoms with Crippen LogP contribution < -0.4 is 20.4 Å². The van der Waals surface area contributed by atoms with Gasteiger partial charge in [-0.3, -0.25) is 15.0 Å². The van der Waals surface area contributed by atoms with E-state index in [1.807, 2.05) is 12.1 Å². The molecule has 0 aromatic heterocycles. The Balaban J connectivity index is 1.34. The molecule has 26 heavy (non-hydrogen) atoms. The van der Waals surface area contributed by atoms with Crippen molar-refractivity contribution in [3.05, 3.63) is 24.3 Å². The van der Waals surface area contributed by atoms with Crippen molar-refractivity contribution in [3.8, 4) is 0 Å². The van der Waals surface area contributed by atoms with E-state index >= 15 is 0 Å². The summed E-state index contributed by atoms with van der Waals surface area (Å²) < 4.78 is 0. The van der Waals surface area contributed by atoms with Crippen LogP contribution in [-0.2, 0) is 4.79 Å². The van der Waals surface area contributed by atoms with Gasteiger partial charge >= 0.3 is 6.03 Å². The van der Waals surface area contributed by atoms with Crippen LogP contribution in [0, 0.1) is 5.92 Å². The first-order chi connectivity index (χ1) is 12.7. The summed E-state index contributed by atoms with van der Waals surface area (Å²) in [6, 6.07) is 7.81. The van der Waals surface area contributed by atoms with Crippen molar-refractivity contribution in [2.24, 2.45) is 5.92 Å². The molecule has 1 atom stereocenters. The van der Waals surface area contributed by atoms with Gasteiger partial charge in [-0.2, -0.15) is 0 Å². The first-order valence-electron chi connectivity index (χ1n) is 9.58. The molecule has 3 saturated heterocycles. The molecule has 0 saturated carbocycles. The highest BCUT2D eigenvalue weighted by atomic mass is 16.2. The summed E-state index contributed by atoms with van der Waals surface area (Å²) in [6.07, 6.45) is 1.59. The summed E-state index contributed by atoms with van der Waals surface area (Å²) in [5.74, 6) is 0.530. The van der Waals surface area contributed by atoms with Crippen molar-refractivity contribution in [2.75, 3.05) is 62.2 Å². The fourth-order valence-electron chi connectivity index (χ4n) is 4.13. The first kappa shape index (κ1) is 17.3. The second kappa shape index (κ2) is 7.63. The van der Waals surface area contributed by atoms with Crippen LogP contribution in [0.25, 0.3) is 0 Å². The maximum absolute atomic E-state index is 12.0. The SMILES string of the molecule is O=C1CCN(c2ccc(N3CCC(CN4CCNCC4)C3)cc2)C(=O)N1. The Bertz CT molecular complexity index is 656. The number of urea groups is 1. The fraction of sp³-hybridized carbons (Fsp3) is 0.579. The van der Waals surface area contributed by atoms with Crippen LogP contribution in [0.5, 0.6) is 0 Å². The molecule has 3 aliphatic heterocycles. The Morgan fingerprint density at radius 1 is 0.962 bits per heavy atom. The number of nitrogens with one attached hydrogen (secondary N) is 2. The van der Waals surface area contributed by atoms with Gasteiger partial charge in [0.1, 0.15) is 0 Å². The van der Waals surface area contributed by atoms with E-state index in [-0.39, 0.29) is 11.9 Å². The van der Waals surface area contributed by atoms with E-state index in [9.17, 15) is 9.59 Å². The average molecular weight is 357 g/mol. The Morgan fingerprint density at radius 3 is 2.42 bits per heavy atom. The second-order valence-corrected chi connectivity index (χ2v) is 7.42. The van der Waals surface area contributed by atoms with Gasteiger partial charge in [-0.05, 0) is 36.6 Å². The van der Waals surface area contributed by atoms with Gasteiger partial charge in [0.2, 0.25) is 5.91 Å². The molecule has 7 heteroatoms. The number of amides is 3. The number of imide groups is 1. The van der Waals surface area contributed by atoms with Crippen molar-refractivity contribution < 1.29 is 9.59 Å². The lowest BCUT2D eigenvalue weighted by atomic mass is 10.1. The predicted molar refractivity (Wildman–Crippen MR) is 102 cm³/mol. The quantitative estimate of drug-likeness (QED) is 0.837. The van der Waals surface area contributed by atoms with E-state index in [0.717, 1.165) is 50.9 Å². The molecule has 0 spiro atoms. The van der Waals surface area contributed by atoms with Crippen LogP contribution in [0.1, 0.15) is 12.8 Å². The third-order valence-corrected chi connectivity index (χ3v) is 5.59. The number of benzene rings is 1. The van der Waals surface area contributed by atoms with Crippen LogP contribution >= 0.6 is 0 Å². The summed E-state index contributed by atoms with van der Waals surface area (Å²) >= 11 is 0. The molecule has 1 unspecified atom stereocenters. The zero-order valence-electron chi connectivity index (χ0n) is 15.1. The minimum absolute atomic E-state index is 0.199. The van der Waals surface area contributed by atoms with Crippen molar-refractivity contribution in [3.63, 3.8) is 0 Å². The van der Waals surface area contributed by atoms with Crippen LogP contribution in [-0.4, -0.2) is 69.2 Å². The molecule has 3 fully saturated rings.